The summed E-state index contributed by atoms with van der Waals surface area (Å²) in [6.45, 7) is 6.42. The van der Waals surface area contributed by atoms with Gasteiger partial charge in [0.1, 0.15) is 0 Å². The van der Waals surface area contributed by atoms with Gasteiger partial charge in [-0.3, -0.25) is 4.79 Å². The van der Waals surface area contributed by atoms with Gasteiger partial charge in [-0.1, -0.05) is 6.58 Å². The maximum atomic E-state index is 12.3. The Kier molecular flexibility index (Phi) is 3.39. The SMILES string of the molecule is C=C(C)NC(=O)/C(F)=C\C. The van der Waals surface area contributed by atoms with E-state index < -0.39 is 11.7 Å². The first-order valence-electron chi connectivity index (χ1n) is 2.86. The predicted octanol–water partition coefficient (Wildman–Crippen LogP) is 1.51. The number of halogens is 1. The molecule has 56 valence electrons. The molecule has 0 bridgehead atoms. The van der Waals surface area contributed by atoms with Crippen molar-refractivity contribution in [3.05, 3.63) is 24.2 Å². The fourth-order valence-electron chi connectivity index (χ4n) is 0.385. The van der Waals surface area contributed by atoms with Crippen molar-refractivity contribution in [2.24, 2.45) is 0 Å². The average Bonchev–Trinajstić information content (AvgIpc) is 1.85. The second kappa shape index (κ2) is 3.82. The third kappa shape index (κ3) is 3.02. The van der Waals surface area contributed by atoms with Gasteiger partial charge in [0, 0.05) is 5.70 Å². The summed E-state index contributed by atoms with van der Waals surface area (Å²) in [5.41, 5.74) is 0.432. The van der Waals surface area contributed by atoms with Crippen LogP contribution in [-0.4, -0.2) is 5.91 Å². The molecule has 0 fully saturated rings. The predicted molar refractivity (Wildman–Crippen MR) is 37.8 cm³/mol. The molecule has 0 radical (unpaired) electrons. The van der Waals surface area contributed by atoms with Crippen molar-refractivity contribution in [1.82, 2.24) is 5.32 Å². The highest BCUT2D eigenvalue weighted by atomic mass is 19.1. The molecule has 2 nitrogen and oxygen atoms in total. The molecule has 0 aromatic rings. The Labute approximate surface area is 59.4 Å². The van der Waals surface area contributed by atoms with Gasteiger partial charge in [0.05, 0.1) is 0 Å². The van der Waals surface area contributed by atoms with Crippen molar-refractivity contribution in [3.8, 4) is 0 Å². The van der Waals surface area contributed by atoms with Crippen LogP contribution < -0.4 is 5.32 Å². The van der Waals surface area contributed by atoms with E-state index in [2.05, 4.69) is 11.9 Å². The first kappa shape index (κ1) is 8.88. The normalized spacial score (nSPS) is 10.9. The van der Waals surface area contributed by atoms with Crippen LogP contribution >= 0.6 is 0 Å². The quantitative estimate of drug-likeness (QED) is 0.583. The van der Waals surface area contributed by atoms with E-state index in [-0.39, 0.29) is 0 Å². The van der Waals surface area contributed by atoms with Gasteiger partial charge < -0.3 is 5.32 Å². The number of hydrogen-bond acceptors (Lipinski definition) is 1. The largest absolute Gasteiger partial charge is 0.325 e. The van der Waals surface area contributed by atoms with Gasteiger partial charge >= 0.3 is 0 Å². The van der Waals surface area contributed by atoms with E-state index >= 15 is 0 Å². The Morgan fingerprint density at radius 3 is 2.50 bits per heavy atom. The minimum Gasteiger partial charge on any atom is -0.325 e. The lowest BCUT2D eigenvalue weighted by atomic mass is 10.4. The summed E-state index contributed by atoms with van der Waals surface area (Å²) in [6.07, 6.45) is 1.10. The van der Waals surface area contributed by atoms with Gasteiger partial charge in [-0.25, -0.2) is 4.39 Å². The second-order valence-electron chi connectivity index (χ2n) is 1.87. The lowest BCUT2D eigenvalue weighted by Gasteiger charge is -1.99. The highest BCUT2D eigenvalue weighted by molar-refractivity contribution is 5.92. The first-order valence-corrected chi connectivity index (χ1v) is 2.86. The molecule has 1 N–H and O–H groups in total. The summed E-state index contributed by atoms with van der Waals surface area (Å²) in [7, 11) is 0. The number of amides is 1. The van der Waals surface area contributed by atoms with Crippen molar-refractivity contribution in [1.29, 1.82) is 0 Å². The number of nitrogens with one attached hydrogen (secondary N) is 1. The van der Waals surface area contributed by atoms with Crippen LogP contribution in [0.25, 0.3) is 0 Å². The van der Waals surface area contributed by atoms with E-state index in [1.54, 1.807) is 6.92 Å². The van der Waals surface area contributed by atoms with Gasteiger partial charge in [0.25, 0.3) is 5.91 Å². The molecule has 0 aliphatic carbocycles. The number of hydrogen-bond donors (Lipinski definition) is 1. The lowest BCUT2D eigenvalue weighted by Crippen LogP contribution is -2.20. The minimum atomic E-state index is -0.789. The molecule has 10 heavy (non-hydrogen) atoms. The van der Waals surface area contributed by atoms with E-state index in [4.69, 9.17) is 0 Å². The molecule has 3 heteroatoms. The van der Waals surface area contributed by atoms with E-state index in [1.165, 1.54) is 6.92 Å². The van der Waals surface area contributed by atoms with Gasteiger partial charge in [-0.15, -0.1) is 0 Å². The third-order valence-electron chi connectivity index (χ3n) is 0.797. The minimum absolute atomic E-state index is 0.432. The van der Waals surface area contributed by atoms with Gasteiger partial charge in [-0.05, 0) is 19.9 Å². The molecule has 0 rings (SSSR count). The number of rotatable bonds is 2. The van der Waals surface area contributed by atoms with Crippen molar-refractivity contribution < 1.29 is 9.18 Å². The molecule has 0 atom stereocenters. The number of carbonyl (C=O) groups excluding carboxylic acids is 1. The van der Waals surface area contributed by atoms with Crippen LogP contribution in [0.3, 0.4) is 0 Å². The molecular formula is C7H10FNO. The molecule has 0 aliphatic rings. The topological polar surface area (TPSA) is 29.1 Å². The van der Waals surface area contributed by atoms with E-state index in [1.807, 2.05) is 0 Å². The van der Waals surface area contributed by atoms with E-state index in [0.29, 0.717) is 5.70 Å². The molecule has 0 aliphatic heterocycles. The smallest absolute Gasteiger partial charge is 0.283 e. The molecule has 0 spiro atoms. The fraction of sp³-hybridized carbons (Fsp3) is 0.286. The van der Waals surface area contributed by atoms with Crippen LogP contribution in [0.4, 0.5) is 4.39 Å². The van der Waals surface area contributed by atoms with Crippen LogP contribution in [0, 0.1) is 0 Å². The zero-order valence-electron chi connectivity index (χ0n) is 6.07. The standard InChI is InChI=1S/C7H10FNO/c1-4-6(8)7(10)9-5(2)3/h4H,2H2,1,3H3,(H,9,10)/b6-4+. The summed E-state index contributed by atoms with van der Waals surface area (Å²) in [4.78, 5) is 10.6. The fourth-order valence-corrected chi connectivity index (χ4v) is 0.385. The zero-order chi connectivity index (χ0) is 8.15. The highest BCUT2D eigenvalue weighted by Gasteiger charge is 2.04. The molecule has 1 amide bonds. The Balaban J connectivity index is 3.99. The molecular weight excluding hydrogens is 133 g/mol. The van der Waals surface area contributed by atoms with Crippen molar-refractivity contribution in [3.63, 3.8) is 0 Å². The Morgan fingerprint density at radius 1 is 1.70 bits per heavy atom. The van der Waals surface area contributed by atoms with E-state index in [0.717, 1.165) is 6.08 Å². The van der Waals surface area contributed by atoms with Gasteiger partial charge in [-0.2, -0.15) is 0 Å². The van der Waals surface area contributed by atoms with Crippen LogP contribution in [-0.2, 0) is 4.79 Å². The second-order valence-corrected chi connectivity index (χ2v) is 1.87. The maximum Gasteiger partial charge on any atom is 0.283 e. The first-order chi connectivity index (χ1) is 4.57. The molecule has 0 unspecified atom stereocenters. The third-order valence-corrected chi connectivity index (χ3v) is 0.797. The van der Waals surface area contributed by atoms with Crippen molar-refractivity contribution >= 4 is 5.91 Å². The lowest BCUT2D eigenvalue weighted by molar-refractivity contribution is -0.118. The monoisotopic (exact) mass is 143 g/mol. The van der Waals surface area contributed by atoms with Crippen LogP contribution in [0.15, 0.2) is 24.2 Å². The van der Waals surface area contributed by atoms with Crippen LogP contribution in [0.1, 0.15) is 13.8 Å². The molecule has 0 saturated carbocycles. The highest BCUT2D eigenvalue weighted by Crippen LogP contribution is 1.95. The Morgan fingerprint density at radius 2 is 2.20 bits per heavy atom. The van der Waals surface area contributed by atoms with Crippen LogP contribution in [0.5, 0.6) is 0 Å². The molecule has 0 aromatic heterocycles. The summed E-state index contributed by atoms with van der Waals surface area (Å²) in [6, 6.07) is 0. The van der Waals surface area contributed by atoms with Gasteiger partial charge in [0.2, 0.25) is 0 Å². The number of carbonyl (C=O) groups is 1. The molecule has 0 aromatic carbocycles. The molecule has 0 heterocycles. The summed E-state index contributed by atoms with van der Waals surface area (Å²) < 4.78 is 12.3. The number of allylic oxidation sites excluding steroid dienone is 2. The molecule has 0 saturated heterocycles. The summed E-state index contributed by atoms with van der Waals surface area (Å²) in [5, 5.41) is 2.22. The zero-order valence-corrected chi connectivity index (χ0v) is 6.07. The maximum absolute atomic E-state index is 12.3. The average molecular weight is 143 g/mol. The van der Waals surface area contributed by atoms with Crippen molar-refractivity contribution in [2.45, 2.75) is 13.8 Å². The summed E-state index contributed by atoms with van der Waals surface area (Å²) in [5.74, 6) is -1.53. The van der Waals surface area contributed by atoms with Crippen LogP contribution in [0.2, 0.25) is 0 Å². The Hall–Kier alpha value is -1.12. The Bertz CT molecular complexity index is 184. The van der Waals surface area contributed by atoms with Crippen molar-refractivity contribution in [2.75, 3.05) is 0 Å². The summed E-state index contributed by atoms with van der Waals surface area (Å²) >= 11 is 0. The van der Waals surface area contributed by atoms with Gasteiger partial charge in [0.15, 0.2) is 5.83 Å². The van der Waals surface area contributed by atoms with E-state index in [9.17, 15) is 9.18 Å².